The molecule has 41 heavy (non-hydrogen) atoms. The van der Waals surface area contributed by atoms with E-state index in [0.717, 1.165) is 29.6 Å². The molecular weight excluding hydrogens is 541 g/mol. The van der Waals surface area contributed by atoms with Gasteiger partial charge in [-0.1, -0.05) is 36.4 Å². The smallest absolute Gasteiger partial charge is 0.246 e. The number of carbonyl (C=O) groups is 1. The van der Waals surface area contributed by atoms with Crippen molar-refractivity contribution in [1.29, 1.82) is 0 Å². The first-order valence-corrected chi connectivity index (χ1v) is 14.3. The molecule has 0 radical (unpaired) electrons. The van der Waals surface area contributed by atoms with Gasteiger partial charge in [-0.3, -0.25) is 4.79 Å². The van der Waals surface area contributed by atoms with Gasteiger partial charge in [0.15, 0.2) is 5.82 Å². The van der Waals surface area contributed by atoms with E-state index in [9.17, 15) is 4.79 Å². The number of hydrogen-bond donors (Lipinski definition) is 0. The van der Waals surface area contributed by atoms with Gasteiger partial charge in [0.05, 0.1) is 10.5 Å². The molecule has 8 nitrogen and oxygen atoms in total. The van der Waals surface area contributed by atoms with Crippen molar-refractivity contribution in [2.75, 3.05) is 50.1 Å². The first kappa shape index (κ1) is 27.5. The summed E-state index contributed by atoms with van der Waals surface area (Å²) in [5.74, 6) is 0.574. The first-order chi connectivity index (χ1) is 19.6. The highest BCUT2D eigenvalue weighted by Gasteiger charge is 2.36. The minimum absolute atomic E-state index is 0.0643. The van der Waals surface area contributed by atoms with Gasteiger partial charge in [-0.15, -0.1) is 0 Å². The maximum absolute atomic E-state index is 16.8. The molecule has 2 aromatic carbocycles. The van der Waals surface area contributed by atoms with E-state index in [1.165, 1.54) is 6.08 Å². The molecule has 2 atom stereocenters. The van der Waals surface area contributed by atoms with Crippen LogP contribution < -0.4 is 9.80 Å². The number of anilines is 2. The van der Waals surface area contributed by atoms with Crippen molar-refractivity contribution in [3.05, 3.63) is 60.0 Å². The summed E-state index contributed by atoms with van der Waals surface area (Å²) in [7, 11) is 6.06. The fourth-order valence-electron chi connectivity index (χ4n) is 6.12. The molecule has 2 saturated heterocycles. The van der Waals surface area contributed by atoms with Crippen molar-refractivity contribution in [3.63, 3.8) is 0 Å². The zero-order valence-corrected chi connectivity index (χ0v) is 24.9. The van der Waals surface area contributed by atoms with E-state index < -0.39 is 5.82 Å². The average molecular weight is 576 g/mol. The van der Waals surface area contributed by atoms with Crippen molar-refractivity contribution in [2.24, 2.45) is 7.05 Å². The van der Waals surface area contributed by atoms with Gasteiger partial charge >= 0.3 is 0 Å². The molecule has 0 unspecified atom stereocenters. The Morgan fingerprint density at radius 3 is 2.59 bits per heavy atom. The average Bonchev–Trinajstić information content (AvgIpc) is 3.29. The lowest BCUT2D eigenvalue weighted by Crippen LogP contribution is -2.59. The number of likely N-dealkylation sites (N-methyl/N-ethyl adjacent to an activating group) is 1. The normalized spacial score (nSPS) is 19.9. The van der Waals surface area contributed by atoms with Gasteiger partial charge in [-0.05, 0) is 46.2 Å². The lowest BCUT2D eigenvalue weighted by atomic mass is 9.99. The van der Waals surface area contributed by atoms with Gasteiger partial charge in [-0.25, -0.2) is 9.37 Å². The van der Waals surface area contributed by atoms with E-state index in [2.05, 4.69) is 42.3 Å². The Hall–Kier alpha value is -3.69. The molecule has 0 bridgehead atoms. The molecule has 1 amide bonds. The summed E-state index contributed by atoms with van der Waals surface area (Å²) in [4.78, 5) is 30.6. The second-order valence-corrected chi connectivity index (χ2v) is 11.9. The molecule has 0 saturated carbocycles. The summed E-state index contributed by atoms with van der Waals surface area (Å²) in [5, 5.41) is 1.88. The second-order valence-electron chi connectivity index (χ2n) is 11.5. The van der Waals surface area contributed by atoms with Crippen molar-refractivity contribution in [1.82, 2.24) is 24.3 Å². The fourth-order valence-corrected chi connectivity index (χ4v) is 6.42. The number of fused-ring (bicyclic) bond motifs is 2. The SMILES string of the molecule is C=CC(=O)N1C[C@H](C)N(c2nc(N3CC(N(C)C)C3)nc3c(F)c(-c4cccc5ccn(C)c45)c(Cl)cc23)C[C@H]1C. The molecule has 4 aromatic rings. The van der Waals surface area contributed by atoms with Crippen LogP contribution in [0.2, 0.25) is 5.02 Å². The van der Waals surface area contributed by atoms with Crippen LogP contribution in [-0.4, -0.2) is 88.6 Å². The van der Waals surface area contributed by atoms with Crippen molar-refractivity contribution < 1.29 is 9.18 Å². The largest absolute Gasteiger partial charge is 0.350 e. The van der Waals surface area contributed by atoms with Crippen molar-refractivity contribution >= 4 is 51.1 Å². The number of amides is 1. The maximum Gasteiger partial charge on any atom is 0.246 e. The predicted octanol–water partition coefficient (Wildman–Crippen LogP) is 4.94. The Morgan fingerprint density at radius 1 is 1.12 bits per heavy atom. The molecule has 2 aliphatic heterocycles. The summed E-state index contributed by atoms with van der Waals surface area (Å²) in [6, 6.07) is 9.87. The predicted molar refractivity (Wildman–Crippen MR) is 164 cm³/mol. The number of carbonyl (C=O) groups excluding carboxylic acids is 1. The third-order valence-corrected chi connectivity index (χ3v) is 8.91. The number of halogens is 2. The van der Waals surface area contributed by atoms with E-state index in [4.69, 9.17) is 21.6 Å². The maximum atomic E-state index is 16.8. The third-order valence-electron chi connectivity index (χ3n) is 8.61. The fraction of sp³-hybridized carbons (Fsp3) is 0.387. The Kier molecular flexibility index (Phi) is 6.90. The van der Waals surface area contributed by atoms with Crippen LogP contribution in [0.5, 0.6) is 0 Å². The molecule has 6 rings (SSSR count). The molecule has 214 valence electrons. The minimum Gasteiger partial charge on any atom is -0.350 e. The molecule has 2 aromatic heterocycles. The number of hydrogen-bond acceptors (Lipinski definition) is 6. The number of aromatic nitrogens is 3. The molecule has 4 heterocycles. The Morgan fingerprint density at radius 2 is 1.88 bits per heavy atom. The van der Waals surface area contributed by atoms with Gasteiger partial charge in [0.25, 0.3) is 0 Å². The number of benzene rings is 2. The zero-order chi connectivity index (χ0) is 29.2. The molecular formula is C31H35ClFN7O. The van der Waals surface area contributed by atoms with E-state index in [0.29, 0.717) is 46.9 Å². The van der Waals surface area contributed by atoms with Crippen LogP contribution in [0.3, 0.4) is 0 Å². The highest BCUT2D eigenvalue weighted by Crippen LogP contribution is 2.42. The zero-order valence-electron chi connectivity index (χ0n) is 24.1. The van der Waals surface area contributed by atoms with Gasteiger partial charge in [0, 0.05) is 79.4 Å². The van der Waals surface area contributed by atoms with E-state index in [1.807, 2.05) is 53.9 Å². The molecule has 2 aliphatic rings. The van der Waals surface area contributed by atoms with E-state index in [1.54, 1.807) is 6.07 Å². The molecule has 2 fully saturated rings. The van der Waals surface area contributed by atoms with E-state index >= 15 is 4.39 Å². The van der Waals surface area contributed by atoms with Crippen LogP contribution in [0.1, 0.15) is 13.8 Å². The van der Waals surface area contributed by atoms with Gasteiger partial charge < -0.3 is 24.2 Å². The van der Waals surface area contributed by atoms with Gasteiger partial charge in [0.2, 0.25) is 11.9 Å². The standard InChI is InChI=1S/C31H35ClFN7O/c1-7-25(41)39-14-19(3)40(15-18(39)2)30-23-13-24(32)26(22-10-8-9-20-11-12-37(6)29(20)22)27(33)28(23)34-31(35-30)38-16-21(17-38)36(4)5/h7-13,18-19,21H,1,14-17H2,2-6H3/t18-,19+/m1/s1. The Labute approximate surface area is 244 Å². The Balaban J connectivity index is 1.53. The highest BCUT2D eigenvalue weighted by atomic mass is 35.5. The van der Waals surface area contributed by atoms with Crippen LogP contribution in [-0.2, 0) is 11.8 Å². The summed E-state index contributed by atoms with van der Waals surface area (Å²) in [6.45, 7) is 10.3. The number of aryl methyl sites for hydroxylation is 1. The molecule has 0 spiro atoms. The molecule has 0 N–H and O–H groups in total. The molecule has 0 aliphatic carbocycles. The highest BCUT2D eigenvalue weighted by molar-refractivity contribution is 6.35. The quantitative estimate of drug-likeness (QED) is 0.314. The topological polar surface area (TPSA) is 60.7 Å². The summed E-state index contributed by atoms with van der Waals surface area (Å²) in [5.41, 5.74) is 2.20. The first-order valence-electron chi connectivity index (χ1n) is 13.9. The number of para-hydroxylation sites is 1. The lowest BCUT2D eigenvalue weighted by Gasteiger charge is -2.45. The van der Waals surface area contributed by atoms with Crippen LogP contribution in [0, 0.1) is 5.82 Å². The minimum atomic E-state index is -0.461. The number of piperazine rings is 1. The van der Waals surface area contributed by atoms with Crippen LogP contribution in [0.4, 0.5) is 16.2 Å². The second kappa shape index (κ2) is 10.3. The number of rotatable bonds is 5. The summed E-state index contributed by atoms with van der Waals surface area (Å²) >= 11 is 6.91. The number of nitrogens with zero attached hydrogens (tertiary/aromatic N) is 7. The van der Waals surface area contributed by atoms with Crippen LogP contribution in [0.25, 0.3) is 32.9 Å². The van der Waals surface area contributed by atoms with Crippen molar-refractivity contribution in [3.8, 4) is 11.1 Å². The Bertz CT molecular complexity index is 1680. The van der Waals surface area contributed by atoms with Crippen LogP contribution >= 0.6 is 11.6 Å². The summed E-state index contributed by atoms with van der Waals surface area (Å²) < 4.78 is 18.8. The van der Waals surface area contributed by atoms with Gasteiger partial charge in [0.1, 0.15) is 11.3 Å². The lowest BCUT2D eigenvalue weighted by molar-refractivity contribution is -0.128. The van der Waals surface area contributed by atoms with Crippen LogP contribution in [0.15, 0.2) is 49.2 Å². The van der Waals surface area contributed by atoms with Gasteiger partial charge in [-0.2, -0.15) is 4.98 Å². The molecule has 10 heteroatoms. The monoisotopic (exact) mass is 575 g/mol. The third kappa shape index (κ3) is 4.51. The van der Waals surface area contributed by atoms with Crippen molar-refractivity contribution in [2.45, 2.75) is 32.0 Å². The van der Waals surface area contributed by atoms with E-state index in [-0.39, 0.29) is 23.5 Å². The summed E-state index contributed by atoms with van der Waals surface area (Å²) in [6.07, 6.45) is 3.32.